The van der Waals surface area contributed by atoms with Crippen LogP contribution in [0.4, 0.5) is 11.4 Å². The summed E-state index contributed by atoms with van der Waals surface area (Å²) in [6.07, 6.45) is 0.658. The van der Waals surface area contributed by atoms with Gasteiger partial charge >= 0.3 is 0 Å². The molecule has 0 bridgehead atoms. The van der Waals surface area contributed by atoms with Crippen LogP contribution in [0.5, 0.6) is 11.5 Å². The van der Waals surface area contributed by atoms with Crippen molar-refractivity contribution in [1.29, 1.82) is 0 Å². The van der Waals surface area contributed by atoms with Gasteiger partial charge in [0, 0.05) is 21.8 Å². The monoisotopic (exact) mass is 496 g/mol. The molecule has 1 atom stereocenters. The largest absolute Gasteiger partial charge is 0.457 e. The first-order chi connectivity index (χ1) is 17.5. The van der Waals surface area contributed by atoms with Crippen LogP contribution < -0.4 is 15.4 Å². The molecule has 0 aliphatic heterocycles. The van der Waals surface area contributed by atoms with Gasteiger partial charge in [-0.2, -0.15) is 0 Å². The molecule has 2 N–H and O–H groups in total. The second-order valence-corrected chi connectivity index (χ2v) is 9.57. The minimum absolute atomic E-state index is 0.0756. The predicted molar refractivity (Wildman–Crippen MR) is 147 cm³/mol. The molecule has 4 rings (SSSR count). The lowest BCUT2D eigenvalue weighted by Crippen LogP contribution is -2.24. The number of hydrogen-bond donors (Lipinski definition) is 2. The molecule has 0 aromatic heterocycles. The molecule has 6 heteroatoms. The van der Waals surface area contributed by atoms with Gasteiger partial charge in [0.05, 0.1) is 5.25 Å². The highest BCUT2D eigenvalue weighted by atomic mass is 32.2. The van der Waals surface area contributed by atoms with Crippen molar-refractivity contribution in [2.45, 2.75) is 30.4 Å². The van der Waals surface area contributed by atoms with Crippen molar-refractivity contribution >= 4 is 35.0 Å². The fourth-order valence-corrected chi connectivity index (χ4v) is 4.51. The smallest absolute Gasteiger partial charge is 0.255 e. The third-order valence-electron chi connectivity index (χ3n) is 5.45. The molecule has 4 aromatic carbocycles. The van der Waals surface area contributed by atoms with E-state index in [0.29, 0.717) is 29.1 Å². The van der Waals surface area contributed by atoms with E-state index in [9.17, 15) is 9.59 Å². The van der Waals surface area contributed by atoms with Gasteiger partial charge in [-0.05, 0) is 80.1 Å². The number of carbonyl (C=O) groups is 2. The first-order valence-electron chi connectivity index (χ1n) is 11.8. The standard InChI is InChI=1S/C30H28N2O3S/c1-3-28(30(34)31-23-16-18-26(19-17-23)35-25-9-5-4-6-10-25)36-27-11-7-8-24(20-27)32-29(33)22-14-12-21(2)13-15-22/h4-20,28H,3H2,1-2H3,(H,31,34)(H,32,33). The minimum Gasteiger partial charge on any atom is -0.457 e. The Bertz CT molecular complexity index is 1310. The SMILES string of the molecule is CCC(Sc1cccc(NC(=O)c2ccc(C)cc2)c1)C(=O)Nc1ccc(Oc2ccccc2)cc1. The molecular formula is C30H28N2O3S. The number of rotatable bonds is 9. The molecule has 0 fully saturated rings. The molecule has 0 aliphatic carbocycles. The van der Waals surface area contributed by atoms with E-state index in [4.69, 9.17) is 4.74 Å². The number of aryl methyl sites for hydroxylation is 1. The molecule has 182 valence electrons. The van der Waals surface area contributed by atoms with Gasteiger partial charge in [0.25, 0.3) is 5.91 Å². The van der Waals surface area contributed by atoms with Crippen LogP contribution in [-0.2, 0) is 4.79 Å². The lowest BCUT2D eigenvalue weighted by molar-refractivity contribution is -0.115. The first kappa shape index (κ1) is 25.1. The molecule has 0 heterocycles. The maximum Gasteiger partial charge on any atom is 0.255 e. The van der Waals surface area contributed by atoms with Gasteiger partial charge in [-0.1, -0.05) is 48.9 Å². The van der Waals surface area contributed by atoms with Crippen LogP contribution in [0.3, 0.4) is 0 Å². The summed E-state index contributed by atoms with van der Waals surface area (Å²) in [5.74, 6) is 1.22. The summed E-state index contributed by atoms with van der Waals surface area (Å²) < 4.78 is 5.81. The lowest BCUT2D eigenvalue weighted by atomic mass is 10.1. The number of amides is 2. The van der Waals surface area contributed by atoms with Crippen LogP contribution in [0, 0.1) is 6.92 Å². The van der Waals surface area contributed by atoms with Gasteiger partial charge in [0.1, 0.15) is 11.5 Å². The fraction of sp³-hybridized carbons (Fsp3) is 0.133. The van der Waals surface area contributed by atoms with E-state index in [2.05, 4.69) is 10.6 Å². The molecule has 0 radical (unpaired) electrons. The number of benzene rings is 4. The van der Waals surface area contributed by atoms with Crippen molar-refractivity contribution < 1.29 is 14.3 Å². The van der Waals surface area contributed by atoms with Crippen LogP contribution in [0.2, 0.25) is 0 Å². The Morgan fingerprint density at radius 3 is 2.17 bits per heavy atom. The summed E-state index contributed by atoms with van der Waals surface area (Å²) in [6, 6.07) is 31.9. The van der Waals surface area contributed by atoms with Crippen molar-refractivity contribution in [2.24, 2.45) is 0 Å². The van der Waals surface area contributed by atoms with E-state index in [-0.39, 0.29) is 17.1 Å². The van der Waals surface area contributed by atoms with Crippen molar-refractivity contribution in [3.63, 3.8) is 0 Å². The predicted octanol–water partition coefficient (Wildman–Crippen LogP) is 7.55. The first-order valence-corrected chi connectivity index (χ1v) is 12.7. The number of anilines is 2. The summed E-state index contributed by atoms with van der Waals surface area (Å²) in [5, 5.41) is 5.64. The number of nitrogens with one attached hydrogen (secondary N) is 2. The quantitative estimate of drug-likeness (QED) is 0.235. The van der Waals surface area contributed by atoms with Gasteiger partial charge in [0.15, 0.2) is 0 Å². The fourth-order valence-electron chi connectivity index (χ4n) is 3.50. The molecule has 36 heavy (non-hydrogen) atoms. The van der Waals surface area contributed by atoms with Gasteiger partial charge < -0.3 is 15.4 Å². The van der Waals surface area contributed by atoms with Gasteiger partial charge in [-0.15, -0.1) is 11.8 Å². The van der Waals surface area contributed by atoms with E-state index >= 15 is 0 Å². The number of thioether (sulfide) groups is 1. The number of ether oxygens (including phenoxy) is 1. The van der Waals surface area contributed by atoms with Crippen molar-refractivity contribution in [3.05, 3.63) is 114 Å². The van der Waals surface area contributed by atoms with Gasteiger partial charge in [0.2, 0.25) is 5.91 Å². The Hall–Kier alpha value is -4.03. The molecule has 2 amide bonds. The number of para-hydroxylation sites is 1. The normalized spacial score (nSPS) is 11.4. The Morgan fingerprint density at radius 1 is 0.778 bits per heavy atom. The zero-order chi connectivity index (χ0) is 25.3. The molecule has 0 saturated carbocycles. The van der Waals surface area contributed by atoms with E-state index in [1.165, 1.54) is 11.8 Å². The van der Waals surface area contributed by atoms with Crippen LogP contribution >= 0.6 is 11.8 Å². The third-order valence-corrected chi connectivity index (χ3v) is 6.81. The maximum atomic E-state index is 13.0. The molecule has 5 nitrogen and oxygen atoms in total. The topological polar surface area (TPSA) is 67.4 Å². The highest BCUT2D eigenvalue weighted by Crippen LogP contribution is 2.29. The highest BCUT2D eigenvalue weighted by molar-refractivity contribution is 8.00. The molecular weight excluding hydrogens is 468 g/mol. The summed E-state index contributed by atoms with van der Waals surface area (Å²) in [6.45, 7) is 3.97. The molecule has 0 saturated heterocycles. The van der Waals surface area contributed by atoms with Crippen molar-refractivity contribution in [1.82, 2.24) is 0 Å². The van der Waals surface area contributed by atoms with Gasteiger partial charge in [-0.25, -0.2) is 0 Å². The Kier molecular flexibility index (Phi) is 8.42. The van der Waals surface area contributed by atoms with E-state index in [1.54, 1.807) is 12.1 Å². The van der Waals surface area contributed by atoms with Crippen LogP contribution in [0.1, 0.15) is 29.3 Å². The highest BCUT2D eigenvalue weighted by Gasteiger charge is 2.18. The maximum absolute atomic E-state index is 13.0. The summed E-state index contributed by atoms with van der Waals surface area (Å²) in [4.78, 5) is 26.4. The molecule has 0 spiro atoms. The summed E-state index contributed by atoms with van der Waals surface area (Å²) >= 11 is 1.47. The minimum atomic E-state index is -0.284. The summed E-state index contributed by atoms with van der Waals surface area (Å²) in [7, 11) is 0. The Morgan fingerprint density at radius 2 is 1.47 bits per heavy atom. The average Bonchev–Trinajstić information content (AvgIpc) is 2.89. The zero-order valence-electron chi connectivity index (χ0n) is 20.2. The van der Waals surface area contributed by atoms with Crippen LogP contribution in [-0.4, -0.2) is 17.1 Å². The van der Waals surface area contributed by atoms with E-state index in [1.807, 2.05) is 105 Å². The molecule has 4 aromatic rings. The van der Waals surface area contributed by atoms with E-state index < -0.39 is 0 Å². The summed E-state index contributed by atoms with van der Waals surface area (Å²) in [5.41, 5.74) is 3.10. The number of carbonyl (C=O) groups excluding carboxylic acids is 2. The van der Waals surface area contributed by atoms with Crippen LogP contribution in [0.25, 0.3) is 0 Å². The van der Waals surface area contributed by atoms with Crippen molar-refractivity contribution in [2.75, 3.05) is 10.6 Å². The van der Waals surface area contributed by atoms with Gasteiger partial charge in [-0.3, -0.25) is 9.59 Å². The van der Waals surface area contributed by atoms with Crippen molar-refractivity contribution in [3.8, 4) is 11.5 Å². The number of hydrogen-bond acceptors (Lipinski definition) is 4. The lowest BCUT2D eigenvalue weighted by Gasteiger charge is -2.16. The Balaban J connectivity index is 1.35. The average molecular weight is 497 g/mol. The second kappa shape index (κ2) is 12.1. The zero-order valence-corrected chi connectivity index (χ0v) is 21.0. The Labute approximate surface area is 215 Å². The third kappa shape index (κ3) is 6.99. The van der Waals surface area contributed by atoms with Crippen LogP contribution in [0.15, 0.2) is 108 Å². The molecule has 1 unspecified atom stereocenters. The van der Waals surface area contributed by atoms with E-state index in [0.717, 1.165) is 16.2 Å². The molecule has 0 aliphatic rings. The second-order valence-electron chi connectivity index (χ2n) is 8.29.